The molecule has 0 fully saturated rings. The number of ether oxygens (including phenoxy) is 2. The molecule has 29 heavy (non-hydrogen) atoms. The molecule has 0 aliphatic carbocycles. The number of rotatable bonds is 6. The van der Waals surface area contributed by atoms with Gasteiger partial charge in [0.1, 0.15) is 11.5 Å². The lowest BCUT2D eigenvalue weighted by Crippen LogP contribution is -2.09. The lowest BCUT2D eigenvalue weighted by Gasteiger charge is -2.07. The van der Waals surface area contributed by atoms with E-state index in [4.69, 9.17) is 9.47 Å². The van der Waals surface area contributed by atoms with E-state index in [1.165, 1.54) is 48.5 Å². The van der Waals surface area contributed by atoms with Crippen LogP contribution in [0.4, 0.5) is 5.69 Å². The topological polar surface area (TPSA) is 95.7 Å². The zero-order valence-electron chi connectivity index (χ0n) is 15.2. The van der Waals surface area contributed by atoms with Gasteiger partial charge in [-0.2, -0.15) is 0 Å². The fraction of sp³-hybridized carbons (Fsp3) is 0.0476. The lowest BCUT2D eigenvalue weighted by atomic mass is 10.2. The number of nitro groups is 1. The summed E-state index contributed by atoms with van der Waals surface area (Å²) in [6.45, 7) is 0. The molecule has 7 nitrogen and oxygen atoms in total. The molecule has 0 amide bonds. The molecule has 0 saturated heterocycles. The summed E-state index contributed by atoms with van der Waals surface area (Å²) < 4.78 is 10.5. The molecule has 0 unspecified atom stereocenters. The second kappa shape index (κ2) is 9.03. The number of nitro benzene ring substituents is 1. The molecule has 3 aromatic rings. The predicted octanol–water partition coefficient (Wildman–Crippen LogP) is 4.76. The minimum Gasteiger partial charge on any atom is -0.423 e. The van der Waals surface area contributed by atoms with E-state index in [-0.39, 0.29) is 17.0 Å². The van der Waals surface area contributed by atoms with Crippen LogP contribution >= 0.6 is 11.8 Å². The minimum atomic E-state index is -0.654. The zero-order valence-corrected chi connectivity index (χ0v) is 16.0. The summed E-state index contributed by atoms with van der Waals surface area (Å²) in [5.74, 6) is -0.594. The van der Waals surface area contributed by atoms with Gasteiger partial charge in [-0.15, -0.1) is 11.8 Å². The number of esters is 2. The van der Waals surface area contributed by atoms with Crippen LogP contribution in [0.3, 0.4) is 0 Å². The summed E-state index contributed by atoms with van der Waals surface area (Å²) in [5.41, 5.74) is 0.493. The third kappa shape index (κ3) is 5.20. The Hall–Kier alpha value is -3.65. The molecule has 0 N–H and O–H groups in total. The van der Waals surface area contributed by atoms with Crippen LogP contribution in [-0.2, 0) is 0 Å². The zero-order chi connectivity index (χ0) is 20.8. The Morgan fingerprint density at radius 1 is 0.759 bits per heavy atom. The number of benzene rings is 3. The van der Waals surface area contributed by atoms with Gasteiger partial charge >= 0.3 is 11.9 Å². The fourth-order valence-electron chi connectivity index (χ4n) is 2.35. The van der Waals surface area contributed by atoms with E-state index >= 15 is 0 Å². The van der Waals surface area contributed by atoms with Crippen LogP contribution in [0.5, 0.6) is 11.5 Å². The summed E-state index contributed by atoms with van der Waals surface area (Å²) in [5, 5.41) is 10.7. The van der Waals surface area contributed by atoms with E-state index in [2.05, 4.69) is 0 Å². The summed E-state index contributed by atoms with van der Waals surface area (Å²) in [6, 6.07) is 18.1. The Balaban J connectivity index is 1.61. The first-order valence-corrected chi connectivity index (χ1v) is 9.61. The van der Waals surface area contributed by atoms with Gasteiger partial charge in [0.2, 0.25) is 0 Å². The molecule has 0 atom stereocenters. The third-order valence-electron chi connectivity index (χ3n) is 3.88. The first-order chi connectivity index (χ1) is 14.0. The van der Waals surface area contributed by atoms with Crippen LogP contribution in [0, 0.1) is 10.1 Å². The third-order valence-corrected chi connectivity index (χ3v) is 4.63. The highest BCUT2D eigenvalue weighted by Crippen LogP contribution is 2.21. The van der Waals surface area contributed by atoms with E-state index < -0.39 is 16.9 Å². The smallest absolute Gasteiger partial charge is 0.343 e. The number of hydrogen-bond acceptors (Lipinski definition) is 7. The van der Waals surface area contributed by atoms with Gasteiger partial charge < -0.3 is 9.47 Å². The van der Waals surface area contributed by atoms with Crippen molar-refractivity contribution < 1.29 is 24.0 Å². The number of carbonyl (C=O) groups excluding carboxylic acids is 2. The Morgan fingerprint density at radius 3 is 1.55 bits per heavy atom. The highest BCUT2D eigenvalue weighted by molar-refractivity contribution is 7.98. The van der Waals surface area contributed by atoms with Gasteiger partial charge in [0.25, 0.3) is 5.69 Å². The summed E-state index contributed by atoms with van der Waals surface area (Å²) >= 11 is 1.58. The average molecular weight is 409 g/mol. The minimum absolute atomic E-state index is 0.115. The lowest BCUT2D eigenvalue weighted by molar-refractivity contribution is -0.384. The van der Waals surface area contributed by atoms with Gasteiger partial charge in [-0.25, -0.2) is 9.59 Å². The van der Waals surface area contributed by atoms with Crippen LogP contribution < -0.4 is 9.47 Å². The van der Waals surface area contributed by atoms with E-state index in [0.717, 1.165) is 4.90 Å². The Bertz CT molecular complexity index is 1030. The quantitative estimate of drug-likeness (QED) is 0.190. The highest BCUT2D eigenvalue weighted by Gasteiger charge is 2.13. The molecular weight excluding hydrogens is 394 g/mol. The van der Waals surface area contributed by atoms with Crippen LogP contribution in [0.2, 0.25) is 0 Å². The average Bonchev–Trinajstić information content (AvgIpc) is 2.75. The predicted molar refractivity (Wildman–Crippen MR) is 108 cm³/mol. The molecule has 3 aromatic carbocycles. The van der Waals surface area contributed by atoms with Gasteiger partial charge in [-0.1, -0.05) is 0 Å². The molecule has 8 heteroatoms. The van der Waals surface area contributed by atoms with Crippen molar-refractivity contribution in [1.82, 2.24) is 0 Å². The Kier molecular flexibility index (Phi) is 6.25. The summed E-state index contributed by atoms with van der Waals surface area (Å²) in [7, 11) is 0. The molecule has 0 bridgehead atoms. The van der Waals surface area contributed by atoms with Gasteiger partial charge in [-0.3, -0.25) is 10.1 Å². The van der Waals surface area contributed by atoms with Crippen molar-refractivity contribution in [2.45, 2.75) is 4.90 Å². The number of hydrogen-bond donors (Lipinski definition) is 0. The SMILES string of the molecule is CSc1ccc(C(=O)Oc2ccc(OC(=O)c3ccc([N+](=O)[O-])cc3)cc2)cc1. The molecule has 146 valence electrons. The van der Waals surface area contributed by atoms with E-state index in [0.29, 0.717) is 11.3 Å². The molecule has 3 rings (SSSR count). The van der Waals surface area contributed by atoms with Crippen LogP contribution in [-0.4, -0.2) is 23.1 Å². The van der Waals surface area contributed by atoms with E-state index in [1.807, 2.05) is 18.4 Å². The van der Waals surface area contributed by atoms with Crippen molar-refractivity contribution in [3.63, 3.8) is 0 Å². The monoisotopic (exact) mass is 409 g/mol. The van der Waals surface area contributed by atoms with Gasteiger partial charge in [0.15, 0.2) is 0 Å². The van der Waals surface area contributed by atoms with Crippen LogP contribution in [0.25, 0.3) is 0 Å². The molecule has 0 aliphatic rings. The Labute approximate surface area is 170 Å². The highest BCUT2D eigenvalue weighted by atomic mass is 32.2. The van der Waals surface area contributed by atoms with Crippen molar-refractivity contribution >= 4 is 29.4 Å². The van der Waals surface area contributed by atoms with Gasteiger partial charge in [0.05, 0.1) is 16.1 Å². The number of nitrogens with zero attached hydrogens (tertiary/aromatic N) is 1. The van der Waals surface area contributed by atoms with Crippen molar-refractivity contribution in [1.29, 1.82) is 0 Å². The van der Waals surface area contributed by atoms with Crippen LogP contribution in [0.15, 0.2) is 77.7 Å². The Morgan fingerprint density at radius 2 is 1.17 bits per heavy atom. The van der Waals surface area contributed by atoms with Crippen molar-refractivity contribution in [2.75, 3.05) is 6.26 Å². The maximum absolute atomic E-state index is 12.2. The molecule has 0 aromatic heterocycles. The number of non-ortho nitro benzene ring substituents is 1. The molecular formula is C21H15NO6S. The standard InChI is InChI=1S/C21H15NO6S/c1-29-19-12-4-15(5-13-19)21(24)28-18-10-8-17(9-11-18)27-20(23)14-2-6-16(7-3-14)22(25)26/h2-13H,1H3. The maximum Gasteiger partial charge on any atom is 0.343 e. The van der Waals surface area contributed by atoms with Crippen molar-refractivity contribution in [3.8, 4) is 11.5 Å². The first kappa shape index (κ1) is 20.1. The maximum atomic E-state index is 12.2. The summed E-state index contributed by atoms with van der Waals surface area (Å²) in [6.07, 6.45) is 1.95. The summed E-state index contributed by atoms with van der Waals surface area (Å²) in [4.78, 5) is 35.4. The fourth-order valence-corrected chi connectivity index (χ4v) is 2.76. The van der Waals surface area contributed by atoms with Crippen molar-refractivity contribution in [2.24, 2.45) is 0 Å². The molecule has 0 heterocycles. The van der Waals surface area contributed by atoms with Crippen molar-refractivity contribution in [3.05, 3.63) is 94.0 Å². The number of carbonyl (C=O) groups is 2. The van der Waals surface area contributed by atoms with Gasteiger partial charge in [0, 0.05) is 17.0 Å². The van der Waals surface area contributed by atoms with E-state index in [1.54, 1.807) is 23.9 Å². The molecule has 0 aliphatic heterocycles. The van der Waals surface area contributed by atoms with Crippen LogP contribution in [0.1, 0.15) is 20.7 Å². The molecule has 0 radical (unpaired) electrons. The molecule has 0 spiro atoms. The second-order valence-electron chi connectivity index (χ2n) is 5.78. The van der Waals surface area contributed by atoms with E-state index in [9.17, 15) is 19.7 Å². The van der Waals surface area contributed by atoms with Gasteiger partial charge in [-0.05, 0) is 66.9 Å². The normalized spacial score (nSPS) is 10.2. The largest absolute Gasteiger partial charge is 0.423 e. The number of thioether (sulfide) groups is 1. The first-order valence-electron chi connectivity index (χ1n) is 8.39. The second-order valence-corrected chi connectivity index (χ2v) is 6.66. The molecule has 0 saturated carbocycles.